The molecule has 0 radical (unpaired) electrons. The average molecular weight is 623 g/mol. The largest absolute Gasteiger partial charge is 0.507 e. The summed E-state index contributed by atoms with van der Waals surface area (Å²) in [4.78, 5) is 0. The molecular weight excluding hydrogens is 591 g/mol. The maximum atomic E-state index is 12.9. The van der Waals surface area contributed by atoms with Crippen LogP contribution in [0.3, 0.4) is 0 Å². The summed E-state index contributed by atoms with van der Waals surface area (Å²) in [5.41, 5.74) is 1.51. The van der Waals surface area contributed by atoms with Crippen LogP contribution in [-0.4, -0.2) is 46.6 Å². The minimum Gasteiger partial charge on any atom is -0.507 e. The first-order valence-corrected chi connectivity index (χ1v) is 15.1. The van der Waals surface area contributed by atoms with Crippen molar-refractivity contribution in [2.75, 3.05) is 25.2 Å². The number of rotatable bonds is 14. The maximum absolute atomic E-state index is 12.9. The third kappa shape index (κ3) is 8.37. The SMILES string of the molecule is COc1ccc(-c2c(O)ccc3c(Oc4ccc(OCCCCS(=O)CCCC(F)(F)C(F)(F)F)cc4)cccc23)cc1. The maximum Gasteiger partial charge on any atom is 0.453 e. The van der Waals surface area contributed by atoms with E-state index in [0.717, 1.165) is 16.3 Å². The second-order valence-corrected chi connectivity index (χ2v) is 11.5. The number of unbranched alkanes of at least 4 members (excludes halogenated alkanes) is 1. The second kappa shape index (κ2) is 14.1. The van der Waals surface area contributed by atoms with E-state index in [9.17, 15) is 31.3 Å². The molecule has 0 fully saturated rings. The molecule has 4 aromatic rings. The zero-order valence-electron chi connectivity index (χ0n) is 23.3. The van der Waals surface area contributed by atoms with Crippen molar-refractivity contribution in [2.24, 2.45) is 0 Å². The lowest BCUT2D eigenvalue weighted by atomic mass is 9.96. The van der Waals surface area contributed by atoms with Crippen LogP contribution >= 0.6 is 0 Å². The zero-order chi connectivity index (χ0) is 31.0. The van der Waals surface area contributed by atoms with Gasteiger partial charge in [0.05, 0.1) is 13.7 Å². The molecule has 0 saturated heterocycles. The molecule has 0 spiro atoms. The summed E-state index contributed by atoms with van der Waals surface area (Å²) in [5, 5.41) is 12.3. The second-order valence-electron chi connectivity index (χ2n) is 9.82. The number of aromatic hydroxyl groups is 1. The number of alkyl halides is 5. The molecule has 1 atom stereocenters. The summed E-state index contributed by atoms with van der Waals surface area (Å²) in [6, 6.07) is 23.5. The van der Waals surface area contributed by atoms with E-state index < -0.39 is 35.7 Å². The van der Waals surface area contributed by atoms with E-state index in [4.69, 9.17) is 14.2 Å². The molecule has 1 N–H and O–H groups in total. The van der Waals surface area contributed by atoms with Gasteiger partial charge in [-0.05, 0) is 84.8 Å². The summed E-state index contributed by atoms with van der Waals surface area (Å²) < 4.78 is 91.5. The molecule has 0 aliphatic heterocycles. The van der Waals surface area contributed by atoms with E-state index in [2.05, 4.69) is 0 Å². The molecule has 4 rings (SSSR count). The van der Waals surface area contributed by atoms with Crippen molar-refractivity contribution in [1.82, 2.24) is 0 Å². The first kappa shape index (κ1) is 32.1. The Labute approximate surface area is 248 Å². The summed E-state index contributed by atoms with van der Waals surface area (Å²) in [6.07, 6.45) is -6.38. The molecule has 0 aromatic heterocycles. The van der Waals surface area contributed by atoms with Crippen LogP contribution in [0.4, 0.5) is 22.0 Å². The van der Waals surface area contributed by atoms with Crippen molar-refractivity contribution in [3.8, 4) is 39.9 Å². The molecule has 5 nitrogen and oxygen atoms in total. The third-order valence-corrected chi connectivity index (χ3v) is 8.23. The molecule has 0 aliphatic carbocycles. The number of ether oxygens (including phenoxy) is 3. The summed E-state index contributed by atoms with van der Waals surface area (Å²) in [6.45, 7) is 0.324. The summed E-state index contributed by atoms with van der Waals surface area (Å²) in [5.74, 6) is -2.12. The highest BCUT2D eigenvalue weighted by Gasteiger charge is 2.56. The fourth-order valence-electron chi connectivity index (χ4n) is 4.45. The smallest absolute Gasteiger partial charge is 0.453 e. The Hall–Kier alpha value is -3.86. The average Bonchev–Trinajstić information content (AvgIpc) is 2.97. The molecule has 0 aliphatic rings. The van der Waals surface area contributed by atoms with Gasteiger partial charge < -0.3 is 19.3 Å². The van der Waals surface area contributed by atoms with E-state index in [0.29, 0.717) is 48.0 Å². The van der Waals surface area contributed by atoms with Crippen LogP contribution in [-0.2, 0) is 10.8 Å². The number of hydrogen-bond donors (Lipinski definition) is 1. The minimum atomic E-state index is -5.58. The molecular formula is C32H31F5O5S. The molecule has 0 saturated carbocycles. The fraction of sp³-hybridized carbons (Fsp3) is 0.312. The van der Waals surface area contributed by atoms with Gasteiger partial charge in [-0.15, -0.1) is 0 Å². The number of phenols is 1. The topological polar surface area (TPSA) is 65.0 Å². The van der Waals surface area contributed by atoms with Crippen molar-refractivity contribution >= 4 is 21.6 Å². The van der Waals surface area contributed by atoms with Crippen LogP contribution < -0.4 is 14.2 Å². The fourth-order valence-corrected chi connectivity index (χ4v) is 5.65. The van der Waals surface area contributed by atoms with E-state index in [-0.39, 0.29) is 17.3 Å². The van der Waals surface area contributed by atoms with E-state index >= 15 is 0 Å². The molecule has 4 aromatic carbocycles. The van der Waals surface area contributed by atoms with Crippen molar-refractivity contribution in [3.63, 3.8) is 0 Å². The van der Waals surface area contributed by atoms with Gasteiger partial charge in [-0.1, -0.05) is 24.3 Å². The van der Waals surface area contributed by atoms with Crippen molar-refractivity contribution in [3.05, 3.63) is 78.9 Å². The van der Waals surface area contributed by atoms with E-state index in [1.165, 1.54) is 0 Å². The monoisotopic (exact) mass is 622 g/mol. The highest BCUT2D eigenvalue weighted by molar-refractivity contribution is 7.84. The molecule has 230 valence electrons. The van der Waals surface area contributed by atoms with Gasteiger partial charge in [-0.2, -0.15) is 22.0 Å². The molecule has 11 heteroatoms. The number of benzene rings is 4. The van der Waals surface area contributed by atoms with Crippen molar-refractivity contribution in [1.29, 1.82) is 0 Å². The van der Waals surface area contributed by atoms with Gasteiger partial charge in [0.1, 0.15) is 28.7 Å². The summed E-state index contributed by atoms with van der Waals surface area (Å²) in [7, 11) is 0.123. The predicted molar refractivity (Wildman–Crippen MR) is 157 cm³/mol. The van der Waals surface area contributed by atoms with Gasteiger partial charge in [0.25, 0.3) is 0 Å². The van der Waals surface area contributed by atoms with Gasteiger partial charge in [-0.25, -0.2) is 0 Å². The van der Waals surface area contributed by atoms with Gasteiger partial charge in [0.15, 0.2) is 0 Å². The number of hydrogen-bond acceptors (Lipinski definition) is 5. The van der Waals surface area contributed by atoms with Gasteiger partial charge in [0, 0.05) is 39.7 Å². The van der Waals surface area contributed by atoms with Gasteiger partial charge in [-0.3, -0.25) is 4.21 Å². The molecule has 43 heavy (non-hydrogen) atoms. The van der Waals surface area contributed by atoms with Crippen molar-refractivity contribution < 1.29 is 45.5 Å². The molecule has 0 amide bonds. The van der Waals surface area contributed by atoms with E-state index in [1.807, 2.05) is 42.5 Å². The molecule has 0 bridgehead atoms. The number of phenolic OH excluding ortho intramolecular Hbond substituents is 1. The number of methoxy groups -OCH3 is 1. The summed E-state index contributed by atoms with van der Waals surface area (Å²) >= 11 is 0. The Morgan fingerprint density at radius 1 is 0.744 bits per heavy atom. The van der Waals surface area contributed by atoms with Crippen LogP contribution in [0, 0.1) is 0 Å². The number of halogens is 5. The Morgan fingerprint density at radius 2 is 1.40 bits per heavy atom. The standard InChI is InChI=1S/C32H31F5O5S/c1-40-23-10-8-22(9-11-23)30-27-6-4-7-29(26(27)16-17-28(30)38)42-25-14-12-24(13-15-25)41-19-2-3-20-43(39)21-5-18-31(33,34)32(35,36)37/h4,6-17,38H,2-3,5,18-21H2,1H3. The molecule has 1 unspecified atom stereocenters. The highest BCUT2D eigenvalue weighted by atomic mass is 32.2. The molecule has 0 heterocycles. The first-order chi connectivity index (χ1) is 20.5. The lowest BCUT2D eigenvalue weighted by Gasteiger charge is -2.19. The normalized spacial score (nSPS) is 12.7. The van der Waals surface area contributed by atoms with Crippen LogP contribution in [0.15, 0.2) is 78.9 Å². The predicted octanol–water partition coefficient (Wildman–Crippen LogP) is 8.90. The lowest BCUT2D eigenvalue weighted by Crippen LogP contribution is -2.36. The highest BCUT2D eigenvalue weighted by Crippen LogP contribution is 2.41. The minimum absolute atomic E-state index is 0.146. The van der Waals surface area contributed by atoms with Crippen molar-refractivity contribution in [2.45, 2.75) is 37.8 Å². The quantitative estimate of drug-likeness (QED) is 0.112. The van der Waals surface area contributed by atoms with Crippen LogP contribution in [0.2, 0.25) is 0 Å². The van der Waals surface area contributed by atoms with Crippen LogP contribution in [0.5, 0.6) is 28.7 Å². The Balaban J connectivity index is 1.28. The third-order valence-electron chi connectivity index (χ3n) is 6.74. The van der Waals surface area contributed by atoms with E-state index in [1.54, 1.807) is 43.5 Å². The lowest BCUT2D eigenvalue weighted by molar-refractivity contribution is -0.284. The van der Waals surface area contributed by atoms with Gasteiger partial charge >= 0.3 is 12.1 Å². The Morgan fingerprint density at radius 3 is 2.07 bits per heavy atom. The Bertz CT molecular complexity index is 1520. The Kier molecular flexibility index (Phi) is 10.5. The zero-order valence-corrected chi connectivity index (χ0v) is 24.2. The van der Waals surface area contributed by atoms with Crippen LogP contribution in [0.1, 0.15) is 25.7 Å². The first-order valence-electron chi connectivity index (χ1n) is 13.6. The van der Waals surface area contributed by atoms with Crippen LogP contribution in [0.25, 0.3) is 21.9 Å². The van der Waals surface area contributed by atoms with Gasteiger partial charge in [0.2, 0.25) is 0 Å². The number of fused-ring (bicyclic) bond motifs is 1.